The summed E-state index contributed by atoms with van der Waals surface area (Å²) in [6.45, 7) is 5.79. The maximum absolute atomic E-state index is 6.06. The number of rotatable bonds is 4. The lowest BCUT2D eigenvalue weighted by Gasteiger charge is -2.46. The van der Waals surface area contributed by atoms with Crippen LogP contribution in [0.4, 0.5) is 0 Å². The van der Waals surface area contributed by atoms with Gasteiger partial charge in [-0.1, -0.05) is 26.2 Å². The number of morpholine rings is 1. The molecule has 0 aliphatic carbocycles. The minimum atomic E-state index is -0.00968. The number of hydrogen-bond donors (Lipinski definition) is 1. The lowest BCUT2D eigenvalue weighted by atomic mass is 9.84. The van der Waals surface area contributed by atoms with Crippen molar-refractivity contribution >= 4 is 0 Å². The van der Waals surface area contributed by atoms with Gasteiger partial charge in [0.05, 0.1) is 13.2 Å². The summed E-state index contributed by atoms with van der Waals surface area (Å²) >= 11 is 0. The van der Waals surface area contributed by atoms with E-state index in [-0.39, 0.29) is 5.60 Å². The Morgan fingerprint density at radius 2 is 2.25 bits per heavy atom. The van der Waals surface area contributed by atoms with Crippen LogP contribution < -0.4 is 5.32 Å². The highest BCUT2D eigenvalue weighted by Crippen LogP contribution is 2.31. The third-order valence-corrected chi connectivity index (χ3v) is 3.85. The molecular weight excluding hydrogens is 202 g/mol. The van der Waals surface area contributed by atoms with Crippen LogP contribution in [0.3, 0.4) is 0 Å². The maximum atomic E-state index is 6.06. The maximum Gasteiger partial charge on any atom is 0.107 e. The molecule has 2 rings (SSSR count). The van der Waals surface area contributed by atoms with E-state index in [1.807, 2.05) is 0 Å². The molecule has 2 saturated heterocycles. The van der Waals surface area contributed by atoms with E-state index in [4.69, 9.17) is 9.47 Å². The van der Waals surface area contributed by atoms with Gasteiger partial charge >= 0.3 is 0 Å². The average molecular weight is 227 g/mol. The predicted octanol–water partition coefficient (Wildman–Crippen LogP) is 2.10. The molecule has 0 aromatic carbocycles. The summed E-state index contributed by atoms with van der Waals surface area (Å²) < 4.78 is 11.7. The Bertz CT molecular complexity index is 194. The van der Waals surface area contributed by atoms with Gasteiger partial charge in [-0.25, -0.2) is 0 Å². The summed E-state index contributed by atoms with van der Waals surface area (Å²) in [6, 6.07) is 0.507. The third kappa shape index (κ3) is 2.76. The second-order valence-electron chi connectivity index (χ2n) is 5.07. The van der Waals surface area contributed by atoms with E-state index in [9.17, 15) is 0 Å². The monoisotopic (exact) mass is 227 g/mol. The van der Waals surface area contributed by atoms with E-state index in [1.54, 1.807) is 0 Å². The zero-order valence-electron chi connectivity index (χ0n) is 10.5. The smallest absolute Gasteiger partial charge is 0.107 e. The SMILES string of the molecule is CCCCCC1NCCOC12CCCOC2. The van der Waals surface area contributed by atoms with Gasteiger partial charge < -0.3 is 14.8 Å². The Morgan fingerprint density at radius 3 is 3.00 bits per heavy atom. The van der Waals surface area contributed by atoms with Gasteiger partial charge in [-0.2, -0.15) is 0 Å². The summed E-state index contributed by atoms with van der Waals surface area (Å²) in [4.78, 5) is 0. The molecule has 1 N–H and O–H groups in total. The minimum Gasteiger partial charge on any atom is -0.378 e. The summed E-state index contributed by atoms with van der Waals surface area (Å²) in [5.41, 5.74) is -0.00968. The Morgan fingerprint density at radius 1 is 1.31 bits per heavy atom. The lowest BCUT2D eigenvalue weighted by Crippen LogP contribution is -2.61. The summed E-state index contributed by atoms with van der Waals surface area (Å²) in [7, 11) is 0. The van der Waals surface area contributed by atoms with Crippen molar-refractivity contribution in [1.29, 1.82) is 0 Å². The zero-order chi connectivity index (χ0) is 11.3. The number of nitrogens with one attached hydrogen (secondary N) is 1. The lowest BCUT2D eigenvalue weighted by molar-refractivity contribution is -0.164. The van der Waals surface area contributed by atoms with Gasteiger partial charge in [-0.05, 0) is 19.3 Å². The molecule has 2 unspecified atom stereocenters. The van der Waals surface area contributed by atoms with E-state index in [2.05, 4.69) is 12.2 Å². The van der Waals surface area contributed by atoms with E-state index >= 15 is 0 Å². The molecule has 2 heterocycles. The molecule has 2 aliphatic heterocycles. The molecular formula is C13H25NO2. The van der Waals surface area contributed by atoms with Crippen LogP contribution in [0.5, 0.6) is 0 Å². The quantitative estimate of drug-likeness (QED) is 0.746. The van der Waals surface area contributed by atoms with Crippen molar-refractivity contribution in [3.63, 3.8) is 0 Å². The van der Waals surface area contributed by atoms with Gasteiger partial charge in [0.1, 0.15) is 5.60 Å². The largest absolute Gasteiger partial charge is 0.378 e. The molecule has 2 atom stereocenters. The Balaban J connectivity index is 1.90. The van der Waals surface area contributed by atoms with E-state index in [0.717, 1.165) is 39.2 Å². The van der Waals surface area contributed by atoms with Crippen molar-refractivity contribution in [3.8, 4) is 0 Å². The number of unbranched alkanes of at least 4 members (excludes halogenated alkanes) is 2. The van der Waals surface area contributed by atoms with E-state index in [1.165, 1.54) is 25.7 Å². The van der Waals surface area contributed by atoms with Crippen molar-refractivity contribution in [2.24, 2.45) is 0 Å². The molecule has 3 heteroatoms. The van der Waals surface area contributed by atoms with Crippen LogP contribution in [0.1, 0.15) is 45.4 Å². The van der Waals surface area contributed by atoms with E-state index in [0.29, 0.717) is 6.04 Å². The molecule has 2 aliphatic rings. The number of hydrogen-bond acceptors (Lipinski definition) is 3. The zero-order valence-corrected chi connectivity index (χ0v) is 10.5. The highest BCUT2D eigenvalue weighted by molar-refractivity contribution is 4.97. The molecule has 0 aromatic heterocycles. The van der Waals surface area contributed by atoms with E-state index < -0.39 is 0 Å². The summed E-state index contributed by atoms with van der Waals surface area (Å²) in [5.74, 6) is 0. The second kappa shape index (κ2) is 5.99. The molecule has 0 amide bonds. The van der Waals surface area contributed by atoms with Crippen LogP contribution >= 0.6 is 0 Å². The van der Waals surface area contributed by atoms with Crippen molar-refractivity contribution in [3.05, 3.63) is 0 Å². The molecule has 0 bridgehead atoms. The normalized spacial score (nSPS) is 35.4. The van der Waals surface area contributed by atoms with Gasteiger partial charge in [0.15, 0.2) is 0 Å². The van der Waals surface area contributed by atoms with Gasteiger partial charge in [0.2, 0.25) is 0 Å². The molecule has 94 valence electrons. The molecule has 1 spiro atoms. The van der Waals surface area contributed by atoms with Gasteiger partial charge in [-0.15, -0.1) is 0 Å². The van der Waals surface area contributed by atoms with Crippen LogP contribution in [0, 0.1) is 0 Å². The highest BCUT2D eigenvalue weighted by Gasteiger charge is 2.43. The minimum absolute atomic E-state index is 0.00968. The summed E-state index contributed by atoms with van der Waals surface area (Å²) in [6.07, 6.45) is 7.46. The molecule has 0 radical (unpaired) electrons. The Hall–Kier alpha value is -0.120. The van der Waals surface area contributed by atoms with Crippen LogP contribution in [0.2, 0.25) is 0 Å². The second-order valence-corrected chi connectivity index (χ2v) is 5.07. The summed E-state index contributed by atoms with van der Waals surface area (Å²) in [5, 5.41) is 3.63. The van der Waals surface area contributed by atoms with Crippen molar-refractivity contribution in [1.82, 2.24) is 5.32 Å². The average Bonchev–Trinajstić information content (AvgIpc) is 2.33. The van der Waals surface area contributed by atoms with Crippen molar-refractivity contribution in [2.45, 2.75) is 57.1 Å². The fourth-order valence-corrected chi connectivity index (χ4v) is 2.92. The predicted molar refractivity (Wildman–Crippen MR) is 64.7 cm³/mol. The first-order chi connectivity index (χ1) is 7.87. The van der Waals surface area contributed by atoms with Crippen LogP contribution in [-0.4, -0.2) is 38.0 Å². The Kier molecular flexibility index (Phi) is 4.62. The first-order valence-electron chi connectivity index (χ1n) is 6.82. The molecule has 0 aromatic rings. The third-order valence-electron chi connectivity index (χ3n) is 3.85. The van der Waals surface area contributed by atoms with Gasteiger partial charge in [0, 0.05) is 19.2 Å². The first-order valence-corrected chi connectivity index (χ1v) is 6.82. The van der Waals surface area contributed by atoms with Gasteiger partial charge in [0.25, 0.3) is 0 Å². The fourth-order valence-electron chi connectivity index (χ4n) is 2.92. The standard InChI is InChI=1S/C13H25NO2/c1-2-3-4-6-12-13(16-10-8-14-12)7-5-9-15-11-13/h12,14H,2-11H2,1H3. The first kappa shape index (κ1) is 12.3. The molecule has 3 nitrogen and oxygen atoms in total. The topological polar surface area (TPSA) is 30.5 Å². The van der Waals surface area contributed by atoms with Crippen molar-refractivity contribution in [2.75, 3.05) is 26.4 Å². The Labute approximate surface area is 98.9 Å². The molecule has 0 saturated carbocycles. The molecule has 2 fully saturated rings. The van der Waals surface area contributed by atoms with Crippen molar-refractivity contribution < 1.29 is 9.47 Å². The van der Waals surface area contributed by atoms with Crippen LogP contribution in [-0.2, 0) is 9.47 Å². The van der Waals surface area contributed by atoms with Gasteiger partial charge in [-0.3, -0.25) is 0 Å². The van der Waals surface area contributed by atoms with Crippen LogP contribution in [0.15, 0.2) is 0 Å². The fraction of sp³-hybridized carbons (Fsp3) is 1.00. The molecule has 16 heavy (non-hydrogen) atoms. The number of ether oxygens (including phenoxy) is 2. The highest BCUT2D eigenvalue weighted by atomic mass is 16.5. The van der Waals surface area contributed by atoms with Crippen LogP contribution in [0.25, 0.3) is 0 Å².